The number of nitrogens with one attached hydrogen (secondary N) is 2. The summed E-state index contributed by atoms with van der Waals surface area (Å²) in [7, 11) is 1.66. The van der Waals surface area contributed by atoms with Crippen LogP contribution in [0, 0.1) is 17.3 Å². The summed E-state index contributed by atoms with van der Waals surface area (Å²) >= 11 is 5.48. The molecule has 0 aliphatic heterocycles. The van der Waals surface area contributed by atoms with Gasteiger partial charge >= 0.3 is 0 Å². The summed E-state index contributed by atoms with van der Waals surface area (Å²) in [6, 6.07) is 7.75. The van der Waals surface area contributed by atoms with Crippen molar-refractivity contribution >= 4 is 23.5 Å². The van der Waals surface area contributed by atoms with Crippen LogP contribution in [0.2, 0.25) is 0 Å². The van der Waals surface area contributed by atoms with E-state index in [0.29, 0.717) is 11.0 Å². The monoisotopic (exact) mass is 345 g/mol. The first-order valence-corrected chi connectivity index (χ1v) is 9.03. The molecule has 0 spiro atoms. The second-order valence-corrected chi connectivity index (χ2v) is 8.14. The molecule has 0 radical (unpaired) electrons. The number of nitrogens with zero attached hydrogens (tertiary/aromatic N) is 1. The van der Waals surface area contributed by atoms with Crippen LogP contribution < -0.4 is 15.5 Å². The van der Waals surface area contributed by atoms with Gasteiger partial charge in [-0.1, -0.05) is 13.8 Å². The Hall–Kier alpha value is -1.62. The van der Waals surface area contributed by atoms with E-state index in [2.05, 4.69) is 36.6 Å². The van der Waals surface area contributed by atoms with Crippen molar-refractivity contribution in [2.75, 3.05) is 7.11 Å². The molecule has 3 atom stereocenters. The van der Waals surface area contributed by atoms with Gasteiger partial charge in [-0.3, -0.25) is 5.43 Å². The van der Waals surface area contributed by atoms with Crippen molar-refractivity contribution in [1.82, 2.24) is 10.7 Å². The number of benzene rings is 1. The molecule has 0 amide bonds. The number of hydrazone groups is 1. The van der Waals surface area contributed by atoms with Crippen molar-refractivity contribution in [1.29, 1.82) is 0 Å². The third-order valence-electron chi connectivity index (χ3n) is 6.48. The Balaban J connectivity index is 1.58. The maximum absolute atomic E-state index is 5.48. The Kier molecular flexibility index (Phi) is 4.56. The first kappa shape index (κ1) is 17.2. The van der Waals surface area contributed by atoms with Crippen LogP contribution in [0.25, 0.3) is 0 Å². The predicted molar refractivity (Wildman–Crippen MR) is 102 cm³/mol. The molecule has 5 heteroatoms. The van der Waals surface area contributed by atoms with E-state index in [4.69, 9.17) is 17.0 Å². The molecule has 2 N–H and O–H groups in total. The highest BCUT2D eigenvalue weighted by molar-refractivity contribution is 7.80. The van der Waals surface area contributed by atoms with Gasteiger partial charge in [0.15, 0.2) is 5.11 Å². The molecule has 2 aliphatic carbocycles. The third kappa shape index (κ3) is 2.90. The van der Waals surface area contributed by atoms with E-state index in [0.717, 1.165) is 17.2 Å². The molecule has 1 aromatic carbocycles. The number of rotatable bonds is 4. The summed E-state index contributed by atoms with van der Waals surface area (Å²) in [5.74, 6) is 2.33. The van der Waals surface area contributed by atoms with Gasteiger partial charge in [-0.05, 0) is 85.5 Å². The lowest BCUT2D eigenvalue weighted by Crippen LogP contribution is -2.60. The van der Waals surface area contributed by atoms with E-state index in [-0.39, 0.29) is 11.0 Å². The third-order valence-corrected chi connectivity index (χ3v) is 6.67. The van der Waals surface area contributed by atoms with Crippen molar-refractivity contribution < 1.29 is 4.74 Å². The highest BCUT2D eigenvalue weighted by Crippen LogP contribution is 2.61. The molecule has 130 valence electrons. The number of hydrogen-bond acceptors (Lipinski definition) is 3. The van der Waals surface area contributed by atoms with E-state index in [1.165, 1.54) is 19.3 Å². The standard InChI is InChI=1S/C19H27N3OS/c1-18(2)14-7-8-15(11-14)19(18,3)21-17(24)22-20-12-13-5-9-16(23-4)10-6-13/h5-6,9-10,12,14-15H,7-8,11H2,1-4H3,(H2,21,22,24). The van der Waals surface area contributed by atoms with Crippen molar-refractivity contribution in [3.8, 4) is 5.75 Å². The molecule has 2 saturated carbocycles. The van der Waals surface area contributed by atoms with Gasteiger partial charge in [-0.25, -0.2) is 0 Å². The highest BCUT2D eigenvalue weighted by atomic mass is 32.1. The van der Waals surface area contributed by atoms with Crippen molar-refractivity contribution in [3.63, 3.8) is 0 Å². The van der Waals surface area contributed by atoms with Gasteiger partial charge < -0.3 is 10.1 Å². The number of ether oxygens (including phenoxy) is 1. The van der Waals surface area contributed by atoms with Crippen LogP contribution in [0.1, 0.15) is 45.6 Å². The van der Waals surface area contributed by atoms with Crippen molar-refractivity contribution in [2.45, 2.75) is 45.6 Å². The van der Waals surface area contributed by atoms with Crippen LogP contribution in [0.15, 0.2) is 29.4 Å². The number of hydrogen-bond donors (Lipinski definition) is 2. The van der Waals surface area contributed by atoms with E-state index in [1.807, 2.05) is 24.3 Å². The molecule has 0 heterocycles. The largest absolute Gasteiger partial charge is 0.497 e. The van der Waals surface area contributed by atoms with Crippen LogP contribution in [0.4, 0.5) is 0 Å². The van der Waals surface area contributed by atoms with E-state index >= 15 is 0 Å². The zero-order valence-electron chi connectivity index (χ0n) is 14.9. The van der Waals surface area contributed by atoms with Gasteiger partial charge in [-0.15, -0.1) is 0 Å². The van der Waals surface area contributed by atoms with E-state index in [1.54, 1.807) is 13.3 Å². The van der Waals surface area contributed by atoms with Crippen LogP contribution in [0.5, 0.6) is 5.75 Å². The lowest BCUT2D eigenvalue weighted by atomic mass is 9.64. The van der Waals surface area contributed by atoms with Gasteiger partial charge in [-0.2, -0.15) is 5.10 Å². The lowest BCUT2D eigenvalue weighted by molar-refractivity contribution is 0.0833. The molecule has 2 bridgehead atoms. The van der Waals surface area contributed by atoms with Crippen molar-refractivity contribution in [2.24, 2.45) is 22.4 Å². The van der Waals surface area contributed by atoms with Gasteiger partial charge in [0.05, 0.1) is 13.3 Å². The quantitative estimate of drug-likeness (QED) is 0.496. The Morgan fingerprint density at radius 3 is 2.46 bits per heavy atom. The Morgan fingerprint density at radius 1 is 1.21 bits per heavy atom. The zero-order chi connectivity index (χ0) is 17.4. The minimum atomic E-state index is 0.0373. The Bertz CT molecular complexity index is 641. The summed E-state index contributed by atoms with van der Waals surface area (Å²) in [6.45, 7) is 7.05. The van der Waals surface area contributed by atoms with Crippen molar-refractivity contribution in [3.05, 3.63) is 29.8 Å². The molecular weight excluding hydrogens is 318 g/mol. The maximum Gasteiger partial charge on any atom is 0.187 e. The van der Waals surface area contributed by atoms with Crippen LogP contribution in [-0.4, -0.2) is 24.0 Å². The molecule has 1 aromatic rings. The molecule has 2 fully saturated rings. The lowest BCUT2D eigenvalue weighted by Gasteiger charge is -2.48. The molecular formula is C19H27N3OS. The number of fused-ring (bicyclic) bond motifs is 2. The molecule has 0 saturated heterocycles. The average Bonchev–Trinajstić information content (AvgIpc) is 3.11. The number of thiocarbonyl (C=S) groups is 1. The fraction of sp³-hybridized carbons (Fsp3) is 0.579. The Morgan fingerprint density at radius 2 is 1.88 bits per heavy atom. The summed E-state index contributed by atoms with van der Waals surface area (Å²) in [5.41, 5.74) is 4.25. The van der Waals surface area contributed by atoms with Gasteiger partial charge in [0.2, 0.25) is 0 Å². The normalized spacial score (nSPS) is 30.5. The smallest absolute Gasteiger partial charge is 0.187 e. The SMILES string of the molecule is COc1ccc(C=NNC(=S)NC2(C)C3CCC(C3)C2(C)C)cc1. The summed E-state index contributed by atoms with van der Waals surface area (Å²) in [6.07, 6.45) is 5.73. The first-order chi connectivity index (χ1) is 11.4. The van der Waals surface area contributed by atoms with Crippen LogP contribution in [-0.2, 0) is 0 Å². The minimum Gasteiger partial charge on any atom is -0.497 e. The number of methoxy groups -OCH3 is 1. The summed E-state index contributed by atoms with van der Waals surface area (Å²) in [4.78, 5) is 0. The van der Waals surface area contributed by atoms with Gasteiger partial charge in [0.1, 0.15) is 5.75 Å². The zero-order valence-corrected chi connectivity index (χ0v) is 15.7. The molecule has 3 rings (SSSR count). The second kappa shape index (κ2) is 6.36. The van der Waals surface area contributed by atoms with Crippen LogP contribution in [0.3, 0.4) is 0 Å². The Labute approximate surface area is 150 Å². The maximum atomic E-state index is 5.48. The predicted octanol–water partition coefficient (Wildman–Crippen LogP) is 3.71. The topological polar surface area (TPSA) is 45.6 Å². The average molecular weight is 346 g/mol. The fourth-order valence-electron chi connectivity index (χ4n) is 4.49. The molecule has 0 aromatic heterocycles. The molecule has 24 heavy (non-hydrogen) atoms. The van der Waals surface area contributed by atoms with E-state index in [9.17, 15) is 0 Å². The summed E-state index contributed by atoms with van der Waals surface area (Å²) < 4.78 is 5.15. The fourth-order valence-corrected chi connectivity index (χ4v) is 4.76. The molecule has 3 unspecified atom stereocenters. The summed E-state index contributed by atoms with van der Waals surface area (Å²) in [5, 5.41) is 8.43. The van der Waals surface area contributed by atoms with E-state index < -0.39 is 0 Å². The van der Waals surface area contributed by atoms with Gasteiger partial charge in [0.25, 0.3) is 0 Å². The highest BCUT2D eigenvalue weighted by Gasteiger charge is 2.60. The van der Waals surface area contributed by atoms with Gasteiger partial charge in [0, 0.05) is 5.54 Å². The van der Waals surface area contributed by atoms with Crippen LogP contribution >= 0.6 is 12.2 Å². The molecule has 4 nitrogen and oxygen atoms in total. The minimum absolute atomic E-state index is 0.0373. The second-order valence-electron chi connectivity index (χ2n) is 7.73. The molecule has 2 aliphatic rings. The first-order valence-electron chi connectivity index (χ1n) is 8.62.